The van der Waals surface area contributed by atoms with Gasteiger partial charge in [-0.25, -0.2) is 4.79 Å². The topological polar surface area (TPSA) is 41.6 Å². The minimum atomic E-state index is -0.195. The molecule has 0 saturated carbocycles. The Kier molecular flexibility index (Phi) is 6.38. The Morgan fingerprint density at radius 1 is 1.19 bits per heavy atom. The second kappa shape index (κ2) is 8.55. The zero-order valence-electron chi connectivity index (χ0n) is 12.9. The van der Waals surface area contributed by atoms with Crippen molar-refractivity contribution < 1.29 is 9.53 Å². The smallest absolute Gasteiger partial charge is 0.409 e. The zero-order valence-corrected chi connectivity index (χ0v) is 12.9. The predicted octanol–water partition coefficient (Wildman–Crippen LogP) is 3.67. The lowest BCUT2D eigenvalue weighted by molar-refractivity contribution is 0.159. The summed E-state index contributed by atoms with van der Waals surface area (Å²) >= 11 is 0. The van der Waals surface area contributed by atoms with Crippen molar-refractivity contribution >= 4 is 11.8 Å². The van der Waals surface area contributed by atoms with Crippen LogP contribution in [0.1, 0.15) is 38.2 Å². The Balaban J connectivity index is 1.66. The summed E-state index contributed by atoms with van der Waals surface area (Å²) in [7, 11) is 0. The number of ether oxygens (including phenoxy) is 1. The summed E-state index contributed by atoms with van der Waals surface area (Å²) < 4.78 is 4.90. The number of anilines is 1. The third-order valence-corrected chi connectivity index (χ3v) is 3.83. The van der Waals surface area contributed by atoms with Crippen molar-refractivity contribution in [3.63, 3.8) is 0 Å². The van der Waals surface area contributed by atoms with Crippen LogP contribution in [0.5, 0.6) is 0 Å². The summed E-state index contributed by atoms with van der Waals surface area (Å²) in [6, 6.07) is 8.63. The van der Waals surface area contributed by atoms with Crippen molar-refractivity contribution in [3.8, 4) is 0 Å². The lowest BCUT2D eigenvalue weighted by Crippen LogP contribution is -2.29. The summed E-state index contributed by atoms with van der Waals surface area (Å²) in [6.45, 7) is 4.91. The maximum atomic E-state index is 11.3. The summed E-state index contributed by atoms with van der Waals surface area (Å²) in [4.78, 5) is 13.0. The molecule has 21 heavy (non-hydrogen) atoms. The fourth-order valence-electron chi connectivity index (χ4n) is 2.51. The van der Waals surface area contributed by atoms with Crippen LogP contribution in [-0.2, 0) is 11.2 Å². The molecule has 1 amide bonds. The quantitative estimate of drug-likeness (QED) is 0.705. The van der Waals surface area contributed by atoms with E-state index in [1.54, 1.807) is 4.90 Å². The number of carbonyl (C=O) groups is 1. The van der Waals surface area contributed by atoms with E-state index in [9.17, 15) is 4.79 Å². The number of amides is 1. The van der Waals surface area contributed by atoms with Crippen LogP contribution in [0, 0.1) is 0 Å². The van der Waals surface area contributed by atoms with Gasteiger partial charge in [-0.05, 0) is 30.5 Å². The largest absolute Gasteiger partial charge is 0.448 e. The fourth-order valence-corrected chi connectivity index (χ4v) is 2.51. The van der Waals surface area contributed by atoms with Crippen LogP contribution < -0.4 is 5.32 Å². The predicted molar refractivity (Wildman–Crippen MR) is 85.7 cm³/mol. The molecule has 0 atom stereocenters. The average Bonchev–Trinajstić information content (AvgIpc) is 2.91. The Hall–Kier alpha value is -1.71. The second-order valence-corrected chi connectivity index (χ2v) is 5.54. The monoisotopic (exact) mass is 290 g/mol. The van der Waals surface area contributed by atoms with Gasteiger partial charge in [-0.3, -0.25) is 0 Å². The summed E-state index contributed by atoms with van der Waals surface area (Å²) in [6.07, 6.45) is 6.19. The normalized spacial score (nSPS) is 14.3. The Morgan fingerprint density at radius 3 is 2.67 bits per heavy atom. The highest BCUT2D eigenvalue weighted by Gasteiger charge is 2.20. The van der Waals surface area contributed by atoms with Gasteiger partial charge < -0.3 is 15.0 Å². The molecule has 116 valence electrons. The van der Waals surface area contributed by atoms with Crippen LogP contribution >= 0.6 is 0 Å². The van der Waals surface area contributed by atoms with E-state index in [1.807, 2.05) is 0 Å². The van der Waals surface area contributed by atoms with Gasteiger partial charge in [-0.2, -0.15) is 0 Å². The van der Waals surface area contributed by atoms with Crippen LogP contribution in [0.25, 0.3) is 0 Å². The van der Waals surface area contributed by atoms with E-state index in [0.717, 1.165) is 12.2 Å². The van der Waals surface area contributed by atoms with Crippen molar-refractivity contribution in [1.82, 2.24) is 4.90 Å². The van der Waals surface area contributed by atoms with Crippen molar-refractivity contribution in [2.75, 3.05) is 31.6 Å². The summed E-state index contributed by atoms with van der Waals surface area (Å²) in [5.74, 6) is 0. The minimum absolute atomic E-state index is 0.195. The number of aryl methyl sites for hydroxylation is 1. The first-order chi connectivity index (χ1) is 10.3. The molecule has 2 rings (SSSR count). The molecule has 4 nitrogen and oxygen atoms in total. The highest BCUT2D eigenvalue weighted by molar-refractivity contribution is 5.69. The van der Waals surface area contributed by atoms with Gasteiger partial charge in [0.25, 0.3) is 0 Å². The highest BCUT2D eigenvalue weighted by atomic mass is 16.6. The van der Waals surface area contributed by atoms with Crippen LogP contribution in [0.2, 0.25) is 0 Å². The first kappa shape index (κ1) is 15.7. The van der Waals surface area contributed by atoms with Gasteiger partial charge in [0, 0.05) is 18.8 Å². The number of hydrogen-bond donors (Lipinski definition) is 1. The Bertz CT molecular complexity index is 431. The lowest BCUT2D eigenvalue weighted by Gasteiger charge is -2.13. The number of rotatable bonds is 9. The van der Waals surface area contributed by atoms with Gasteiger partial charge in [0.05, 0.1) is 6.54 Å². The molecule has 0 aliphatic carbocycles. The molecular weight excluding hydrogens is 264 g/mol. The minimum Gasteiger partial charge on any atom is -0.448 e. The van der Waals surface area contributed by atoms with Gasteiger partial charge >= 0.3 is 6.09 Å². The first-order valence-corrected chi connectivity index (χ1v) is 8.04. The van der Waals surface area contributed by atoms with E-state index in [4.69, 9.17) is 4.74 Å². The van der Waals surface area contributed by atoms with E-state index in [0.29, 0.717) is 19.7 Å². The summed E-state index contributed by atoms with van der Waals surface area (Å²) in [5, 5.41) is 3.35. The third-order valence-electron chi connectivity index (χ3n) is 3.83. The summed E-state index contributed by atoms with van der Waals surface area (Å²) in [5.41, 5.74) is 2.51. The van der Waals surface area contributed by atoms with Crippen LogP contribution in [0.4, 0.5) is 10.5 Å². The first-order valence-electron chi connectivity index (χ1n) is 8.04. The molecule has 1 fully saturated rings. The molecule has 0 aromatic heterocycles. The fraction of sp³-hybridized carbons (Fsp3) is 0.588. The molecule has 1 N–H and O–H groups in total. The van der Waals surface area contributed by atoms with Crippen molar-refractivity contribution in [2.24, 2.45) is 0 Å². The number of benzene rings is 1. The number of nitrogens with one attached hydrogen (secondary N) is 1. The molecule has 0 bridgehead atoms. The van der Waals surface area contributed by atoms with E-state index < -0.39 is 0 Å². The van der Waals surface area contributed by atoms with Gasteiger partial charge in [-0.15, -0.1) is 0 Å². The Labute approximate surface area is 127 Å². The van der Waals surface area contributed by atoms with E-state index >= 15 is 0 Å². The number of nitrogens with zero attached hydrogens (tertiary/aromatic N) is 1. The maximum absolute atomic E-state index is 11.3. The van der Waals surface area contributed by atoms with Crippen molar-refractivity contribution in [3.05, 3.63) is 29.8 Å². The van der Waals surface area contributed by atoms with Gasteiger partial charge in [0.1, 0.15) is 6.61 Å². The molecule has 1 heterocycles. The molecule has 1 saturated heterocycles. The SMILES string of the molecule is CCCCCCc1ccc(NCCN2CCOC2=O)cc1. The molecule has 1 aromatic rings. The molecule has 1 aliphatic rings. The molecule has 0 unspecified atom stereocenters. The molecule has 1 aliphatic heterocycles. The van der Waals surface area contributed by atoms with Crippen molar-refractivity contribution in [1.29, 1.82) is 0 Å². The van der Waals surface area contributed by atoms with E-state index in [-0.39, 0.29) is 6.09 Å². The highest BCUT2D eigenvalue weighted by Crippen LogP contribution is 2.13. The van der Waals surface area contributed by atoms with Crippen LogP contribution in [0.15, 0.2) is 24.3 Å². The zero-order chi connectivity index (χ0) is 14.9. The molecule has 0 radical (unpaired) electrons. The Morgan fingerprint density at radius 2 is 2.00 bits per heavy atom. The number of unbranched alkanes of at least 4 members (excludes halogenated alkanes) is 3. The molecule has 1 aromatic carbocycles. The van der Waals surface area contributed by atoms with E-state index in [2.05, 4.69) is 36.5 Å². The van der Waals surface area contributed by atoms with Crippen LogP contribution in [0.3, 0.4) is 0 Å². The van der Waals surface area contributed by atoms with Crippen molar-refractivity contribution in [2.45, 2.75) is 39.0 Å². The molecular formula is C17H26N2O2. The third kappa shape index (κ3) is 5.29. The van der Waals surface area contributed by atoms with Crippen LogP contribution in [-0.4, -0.2) is 37.2 Å². The number of hydrogen-bond acceptors (Lipinski definition) is 3. The number of cyclic esters (lactones) is 1. The average molecular weight is 290 g/mol. The number of carbonyl (C=O) groups excluding carboxylic acids is 1. The molecule has 0 spiro atoms. The lowest BCUT2D eigenvalue weighted by atomic mass is 10.1. The second-order valence-electron chi connectivity index (χ2n) is 5.54. The standard InChI is InChI=1S/C17H26N2O2/c1-2-3-4-5-6-15-7-9-16(10-8-15)18-11-12-19-13-14-21-17(19)20/h7-10,18H,2-6,11-14H2,1H3. The van der Waals surface area contributed by atoms with Gasteiger partial charge in [0.15, 0.2) is 0 Å². The maximum Gasteiger partial charge on any atom is 0.409 e. The molecule has 4 heteroatoms. The van der Waals surface area contributed by atoms with Gasteiger partial charge in [-0.1, -0.05) is 38.3 Å². The van der Waals surface area contributed by atoms with Gasteiger partial charge in [0.2, 0.25) is 0 Å². The van der Waals surface area contributed by atoms with E-state index in [1.165, 1.54) is 37.7 Å².